The molecule has 212 valence electrons. The molecule has 16 heteroatoms. The van der Waals surface area contributed by atoms with E-state index in [0.29, 0.717) is 6.42 Å². The first-order chi connectivity index (χ1) is 18.4. The van der Waals surface area contributed by atoms with Crippen LogP contribution >= 0.6 is 23.7 Å². The summed E-state index contributed by atoms with van der Waals surface area (Å²) >= 11 is 2.88. The number of aromatic nitrogens is 3. The van der Waals surface area contributed by atoms with E-state index in [0.717, 1.165) is 0 Å². The molecule has 6 atom stereocenters. The Morgan fingerprint density at radius 2 is 2.08 bits per heavy atom. The third-order valence-electron chi connectivity index (χ3n) is 5.73. The van der Waals surface area contributed by atoms with Crippen molar-refractivity contribution in [1.29, 1.82) is 0 Å². The maximum absolute atomic E-state index is 15.8. The third-order valence-corrected chi connectivity index (χ3v) is 8.24. The summed E-state index contributed by atoms with van der Waals surface area (Å²) in [7, 11) is -4.29. The highest BCUT2D eigenvalue weighted by atomic mass is 79.9. The number of para-hydroxylation sites is 1. The third kappa shape index (κ3) is 6.34. The molecule has 1 aromatic carbocycles. The van der Waals surface area contributed by atoms with Crippen LogP contribution in [0.15, 0.2) is 42.6 Å². The largest absolute Gasteiger partial charge is 0.493 e. The molecule has 0 amide bonds. The number of alkyl halides is 2. The molecular weight excluding hydrogens is 604 g/mol. The Balaban J connectivity index is 1.54. The number of esters is 1. The summed E-state index contributed by atoms with van der Waals surface area (Å²) in [5.41, 5.74) is 5.68. The second-order valence-electron chi connectivity index (χ2n) is 8.73. The van der Waals surface area contributed by atoms with Gasteiger partial charge < -0.3 is 34.5 Å². The van der Waals surface area contributed by atoms with Gasteiger partial charge in [0.15, 0.2) is 11.9 Å². The molecule has 1 aliphatic heterocycles. The van der Waals surface area contributed by atoms with Crippen molar-refractivity contribution in [3.05, 3.63) is 42.6 Å². The average molecular weight is 632 g/mol. The summed E-state index contributed by atoms with van der Waals surface area (Å²) in [5.74, 6) is -1.18. The Morgan fingerprint density at radius 1 is 1.36 bits per heavy atom. The van der Waals surface area contributed by atoms with Crippen molar-refractivity contribution in [2.24, 2.45) is 0 Å². The van der Waals surface area contributed by atoms with Crippen LogP contribution in [-0.2, 0) is 23.4 Å². The van der Waals surface area contributed by atoms with Gasteiger partial charge in [0.1, 0.15) is 24.0 Å². The molecule has 5 N–H and O–H groups in total. The van der Waals surface area contributed by atoms with E-state index >= 15 is 4.39 Å². The zero-order valence-electron chi connectivity index (χ0n) is 20.9. The summed E-state index contributed by atoms with van der Waals surface area (Å²) in [6.07, 6.45) is -2.70. The van der Waals surface area contributed by atoms with Gasteiger partial charge in [0.05, 0.1) is 18.6 Å². The Labute approximate surface area is 231 Å². The molecule has 0 bridgehead atoms. The zero-order chi connectivity index (χ0) is 28.4. The topological polar surface area (TPSA) is 180 Å². The standard InChI is InChI=1S/C23H28BrFN5O8P/c1-3-11-35-20(33)13(2)29-39(34,38-14-7-5-4-6-8-14)36-12-16-17(31)23(24,25)21(37-16)30-10-9-15-18(30)27-22(26)28-19(15)32/h4-10,13,16-17,21,31H,3,11-12H2,1-2H3,(H,29,34)(H3,26,27,28,32)/t13-,16+,17?,21+,23+,39?/m0/s1. The van der Waals surface area contributed by atoms with Gasteiger partial charge in [-0.2, -0.15) is 15.1 Å². The lowest BCUT2D eigenvalue weighted by Crippen LogP contribution is -2.39. The van der Waals surface area contributed by atoms with Crippen LogP contribution in [0.1, 0.15) is 26.5 Å². The number of rotatable bonds is 11. The molecule has 0 saturated carbocycles. The number of aliphatic hydroxyl groups excluding tert-OH is 1. The van der Waals surface area contributed by atoms with Crippen molar-refractivity contribution in [2.75, 3.05) is 18.9 Å². The van der Waals surface area contributed by atoms with Crippen LogP contribution in [0.5, 0.6) is 11.6 Å². The first kappa shape index (κ1) is 29.2. The second-order valence-corrected chi connectivity index (χ2v) is 11.6. The van der Waals surface area contributed by atoms with E-state index in [4.69, 9.17) is 24.3 Å². The number of aromatic hydroxyl groups is 1. The van der Waals surface area contributed by atoms with Crippen molar-refractivity contribution in [1.82, 2.24) is 19.6 Å². The molecule has 3 heterocycles. The number of carbonyl (C=O) groups is 1. The number of nitrogens with two attached hydrogens (primary N) is 1. The van der Waals surface area contributed by atoms with Crippen molar-refractivity contribution in [3.8, 4) is 11.6 Å². The quantitative estimate of drug-likeness (QED) is 0.138. The van der Waals surface area contributed by atoms with Gasteiger partial charge in [-0.05, 0) is 47.5 Å². The Morgan fingerprint density at radius 3 is 2.77 bits per heavy atom. The zero-order valence-corrected chi connectivity index (χ0v) is 23.4. The van der Waals surface area contributed by atoms with Gasteiger partial charge in [0, 0.05) is 6.20 Å². The van der Waals surface area contributed by atoms with E-state index in [1.54, 1.807) is 18.2 Å². The Kier molecular flexibility index (Phi) is 8.78. The van der Waals surface area contributed by atoms with Crippen LogP contribution in [0.25, 0.3) is 11.0 Å². The Bertz CT molecular complexity index is 1360. The van der Waals surface area contributed by atoms with Crippen LogP contribution in [-0.4, -0.2) is 66.8 Å². The van der Waals surface area contributed by atoms with E-state index in [-0.39, 0.29) is 29.3 Å². The number of nitrogen functional groups attached to an aromatic ring is 1. The van der Waals surface area contributed by atoms with Crippen LogP contribution in [0.4, 0.5) is 10.3 Å². The molecule has 2 aromatic heterocycles. The van der Waals surface area contributed by atoms with Gasteiger partial charge in [-0.15, -0.1) is 0 Å². The van der Waals surface area contributed by atoms with Crippen LogP contribution in [0, 0.1) is 0 Å². The summed E-state index contributed by atoms with van der Waals surface area (Å²) < 4.78 is 50.1. The van der Waals surface area contributed by atoms with Crippen molar-refractivity contribution in [3.63, 3.8) is 0 Å². The summed E-state index contributed by atoms with van der Waals surface area (Å²) in [4.78, 5) is 20.0. The Hall–Kier alpha value is -2.81. The smallest absolute Gasteiger partial charge is 0.459 e. The SMILES string of the molecule is CCCOC(=O)[C@H](C)NP(=O)(OC[C@H]1O[C@@H](n2ccc3c(O)nc(N)nc32)[C@@](F)(Br)C1O)Oc1ccccc1. The van der Waals surface area contributed by atoms with Gasteiger partial charge in [0.2, 0.25) is 16.4 Å². The van der Waals surface area contributed by atoms with E-state index in [9.17, 15) is 19.6 Å². The second kappa shape index (κ2) is 11.7. The number of anilines is 1. The highest BCUT2D eigenvalue weighted by molar-refractivity contribution is 9.10. The summed E-state index contributed by atoms with van der Waals surface area (Å²) in [5, 5.41) is 23.5. The number of aliphatic hydroxyl groups is 1. The number of nitrogens with one attached hydrogen (secondary N) is 1. The number of hydrogen-bond acceptors (Lipinski definition) is 11. The molecule has 0 radical (unpaired) electrons. The lowest BCUT2D eigenvalue weighted by molar-refractivity contribution is -0.145. The average Bonchev–Trinajstić information content (AvgIpc) is 3.39. The van der Waals surface area contributed by atoms with Gasteiger partial charge in [-0.1, -0.05) is 25.1 Å². The molecule has 3 aromatic rings. The first-order valence-electron chi connectivity index (χ1n) is 11.9. The predicted molar refractivity (Wildman–Crippen MR) is 141 cm³/mol. The van der Waals surface area contributed by atoms with Crippen LogP contribution in [0.3, 0.4) is 0 Å². The number of fused-ring (bicyclic) bond motifs is 1. The van der Waals surface area contributed by atoms with Crippen molar-refractivity contribution < 1.29 is 42.5 Å². The number of carbonyl (C=O) groups excluding carboxylic acids is 1. The summed E-state index contributed by atoms with van der Waals surface area (Å²) in [6, 6.07) is 8.40. The highest BCUT2D eigenvalue weighted by Crippen LogP contribution is 2.50. The number of ether oxygens (including phenoxy) is 2. The van der Waals surface area contributed by atoms with Gasteiger partial charge in [-0.3, -0.25) is 9.32 Å². The lowest BCUT2D eigenvalue weighted by atomic mass is 10.1. The first-order valence-corrected chi connectivity index (χ1v) is 14.3. The van der Waals surface area contributed by atoms with Gasteiger partial charge >= 0.3 is 13.7 Å². The fourth-order valence-electron chi connectivity index (χ4n) is 3.83. The van der Waals surface area contributed by atoms with E-state index < -0.39 is 55.3 Å². The minimum atomic E-state index is -4.29. The maximum Gasteiger partial charge on any atom is 0.459 e. The van der Waals surface area contributed by atoms with Crippen molar-refractivity contribution >= 4 is 46.6 Å². The molecule has 4 rings (SSSR count). The van der Waals surface area contributed by atoms with Crippen molar-refractivity contribution in [2.45, 2.75) is 49.3 Å². The lowest BCUT2D eigenvalue weighted by Gasteiger charge is -2.24. The normalized spacial score (nSPS) is 25.3. The highest BCUT2D eigenvalue weighted by Gasteiger charge is 2.57. The number of benzene rings is 1. The van der Waals surface area contributed by atoms with Gasteiger partial charge in [-0.25, -0.2) is 8.96 Å². The molecule has 0 spiro atoms. The molecule has 1 aliphatic rings. The van der Waals surface area contributed by atoms with Crippen LogP contribution in [0.2, 0.25) is 0 Å². The van der Waals surface area contributed by atoms with Crippen LogP contribution < -0.4 is 15.3 Å². The fourth-order valence-corrected chi connectivity index (χ4v) is 5.95. The molecule has 39 heavy (non-hydrogen) atoms. The minimum absolute atomic E-state index is 0.0550. The van der Waals surface area contributed by atoms with Gasteiger partial charge in [0.25, 0.3) is 0 Å². The molecule has 2 unspecified atom stereocenters. The van der Waals surface area contributed by atoms with E-state index in [2.05, 4.69) is 31.0 Å². The molecule has 1 saturated heterocycles. The fraction of sp³-hybridized carbons (Fsp3) is 0.435. The molecular formula is C23H28BrFN5O8P. The molecule has 0 aliphatic carbocycles. The minimum Gasteiger partial charge on any atom is -0.493 e. The number of halogens is 2. The molecule has 1 fully saturated rings. The molecule has 13 nitrogen and oxygen atoms in total. The van der Waals surface area contributed by atoms with E-state index in [1.807, 2.05) is 6.92 Å². The maximum atomic E-state index is 15.8. The number of nitrogens with zero attached hydrogens (tertiary/aromatic N) is 3. The van der Waals surface area contributed by atoms with E-state index in [1.165, 1.54) is 35.9 Å². The predicted octanol–water partition coefficient (Wildman–Crippen LogP) is 3.17. The number of hydrogen-bond donors (Lipinski definition) is 4. The summed E-state index contributed by atoms with van der Waals surface area (Å²) in [6.45, 7) is 2.81. The monoisotopic (exact) mass is 631 g/mol.